The van der Waals surface area contributed by atoms with Gasteiger partial charge in [0.1, 0.15) is 0 Å². The van der Waals surface area contributed by atoms with Crippen molar-refractivity contribution in [1.29, 1.82) is 0 Å². The molecule has 1 unspecified atom stereocenters. The van der Waals surface area contributed by atoms with Crippen molar-refractivity contribution in [3.63, 3.8) is 0 Å². The zero-order chi connectivity index (χ0) is 10.8. The van der Waals surface area contributed by atoms with Crippen molar-refractivity contribution in [2.75, 3.05) is 12.1 Å². The minimum Gasteiger partial charge on any atom is -0.387 e. The summed E-state index contributed by atoms with van der Waals surface area (Å²) in [6.45, 7) is 0. The fraction of sp³-hybridized carbons (Fsp3) is 0.333. The molecular formula is C9H11ClO3S. The van der Waals surface area contributed by atoms with Gasteiger partial charge >= 0.3 is 0 Å². The number of hydrogen-bond acceptors (Lipinski definition) is 3. The van der Waals surface area contributed by atoms with Crippen molar-refractivity contribution in [3.8, 4) is 0 Å². The Labute approximate surface area is 88.2 Å². The van der Waals surface area contributed by atoms with Gasteiger partial charge in [0.2, 0.25) is 0 Å². The van der Waals surface area contributed by atoms with Gasteiger partial charge in [0, 0.05) is 6.26 Å². The van der Waals surface area contributed by atoms with E-state index in [0.717, 1.165) is 6.26 Å². The molecule has 1 rings (SSSR count). The molecule has 0 aliphatic carbocycles. The highest BCUT2D eigenvalue weighted by molar-refractivity contribution is 7.90. The van der Waals surface area contributed by atoms with Gasteiger partial charge in [-0.1, -0.05) is 12.1 Å². The van der Waals surface area contributed by atoms with Crippen molar-refractivity contribution in [1.82, 2.24) is 0 Å². The van der Waals surface area contributed by atoms with Crippen LogP contribution < -0.4 is 0 Å². The molecule has 0 amide bonds. The number of aliphatic hydroxyl groups is 1. The standard InChI is InChI=1S/C9H11ClO3S/c1-14(12,13)8-4-2-7(3-5-8)9(11)6-10/h2-5,9,11H,6H2,1H3. The lowest BCUT2D eigenvalue weighted by Gasteiger charge is -2.07. The number of aliphatic hydroxyl groups excluding tert-OH is 1. The molecule has 1 atom stereocenters. The summed E-state index contributed by atoms with van der Waals surface area (Å²) in [5, 5.41) is 9.34. The SMILES string of the molecule is CS(=O)(=O)c1ccc(C(O)CCl)cc1. The Kier molecular flexibility index (Phi) is 3.53. The minimum absolute atomic E-state index is 0.0955. The fourth-order valence-corrected chi connectivity index (χ4v) is 1.83. The minimum atomic E-state index is -3.17. The molecule has 0 aliphatic rings. The molecule has 1 aromatic rings. The first-order valence-electron chi connectivity index (χ1n) is 3.99. The number of halogens is 1. The lowest BCUT2D eigenvalue weighted by molar-refractivity contribution is 0.202. The summed E-state index contributed by atoms with van der Waals surface area (Å²) in [4.78, 5) is 0.239. The van der Waals surface area contributed by atoms with E-state index in [4.69, 9.17) is 11.6 Å². The summed E-state index contributed by atoms with van der Waals surface area (Å²) in [5.74, 6) is 0.0955. The first-order chi connectivity index (χ1) is 6.45. The molecule has 0 radical (unpaired) electrons. The highest BCUT2D eigenvalue weighted by Crippen LogP contribution is 2.17. The summed E-state index contributed by atoms with van der Waals surface area (Å²) in [6, 6.07) is 6.04. The van der Waals surface area contributed by atoms with Crippen LogP contribution in [0.2, 0.25) is 0 Å². The lowest BCUT2D eigenvalue weighted by Crippen LogP contribution is -2.01. The van der Waals surface area contributed by atoms with Crippen molar-refractivity contribution < 1.29 is 13.5 Å². The molecule has 0 aliphatic heterocycles. The normalized spacial score (nSPS) is 13.9. The van der Waals surface area contributed by atoms with Crippen molar-refractivity contribution in [2.45, 2.75) is 11.0 Å². The van der Waals surface area contributed by atoms with Gasteiger partial charge in [-0.15, -0.1) is 11.6 Å². The zero-order valence-electron chi connectivity index (χ0n) is 7.64. The molecule has 14 heavy (non-hydrogen) atoms. The van der Waals surface area contributed by atoms with Crippen LogP contribution in [0.1, 0.15) is 11.7 Å². The molecule has 0 heterocycles. The molecule has 0 spiro atoms. The van der Waals surface area contributed by atoms with Gasteiger partial charge in [0.15, 0.2) is 9.84 Å². The Morgan fingerprint density at radius 3 is 2.21 bits per heavy atom. The van der Waals surface area contributed by atoms with E-state index in [2.05, 4.69) is 0 Å². The maximum Gasteiger partial charge on any atom is 0.175 e. The monoisotopic (exact) mass is 234 g/mol. The molecule has 0 bridgehead atoms. The van der Waals surface area contributed by atoms with Crippen LogP contribution in [0, 0.1) is 0 Å². The van der Waals surface area contributed by atoms with Gasteiger partial charge in [-0.2, -0.15) is 0 Å². The molecule has 0 saturated heterocycles. The fourth-order valence-electron chi connectivity index (χ4n) is 1.03. The molecule has 5 heteroatoms. The van der Waals surface area contributed by atoms with Gasteiger partial charge in [-0.25, -0.2) is 8.42 Å². The van der Waals surface area contributed by atoms with Crippen molar-refractivity contribution in [3.05, 3.63) is 29.8 Å². The van der Waals surface area contributed by atoms with E-state index in [9.17, 15) is 13.5 Å². The largest absolute Gasteiger partial charge is 0.387 e. The van der Waals surface area contributed by atoms with E-state index < -0.39 is 15.9 Å². The molecule has 1 aromatic carbocycles. The second-order valence-electron chi connectivity index (χ2n) is 3.01. The van der Waals surface area contributed by atoms with Crippen molar-refractivity contribution in [2.24, 2.45) is 0 Å². The number of rotatable bonds is 3. The Morgan fingerprint density at radius 1 is 1.36 bits per heavy atom. The number of benzene rings is 1. The first kappa shape index (κ1) is 11.5. The number of alkyl halides is 1. The molecular weight excluding hydrogens is 224 g/mol. The van der Waals surface area contributed by atoms with Crippen LogP contribution in [-0.4, -0.2) is 25.7 Å². The highest BCUT2D eigenvalue weighted by atomic mass is 35.5. The van der Waals surface area contributed by atoms with Crippen LogP contribution in [0.5, 0.6) is 0 Å². The Morgan fingerprint density at radius 2 is 1.86 bits per heavy atom. The molecule has 0 saturated carbocycles. The van der Waals surface area contributed by atoms with E-state index in [1.807, 2.05) is 0 Å². The molecule has 1 N–H and O–H groups in total. The van der Waals surface area contributed by atoms with Gasteiger partial charge in [0.25, 0.3) is 0 Å². The van der Waals surface area contributed by atoms with Gasteiger partial charge in [0.05, 0.1) is 16.9 Å². The second-order valence-corrected chi connectivity index (χ2v) is 5.34. The third-order valence-corrected chi connectivity index (χ3v) is 3.26. The van der Waals surface area contributed by atoms with Crippen LogP contribution in [-0.2, 0) is 9.84 Å². The Bertz CT molecular complexity index is 397. The van der Waals surface area contributed by atoms with E-state index in [0.29, 0.717) is 5.56 Å². The topological polar surface area (TPSA) is 54.4 Å². The third-order valence-electron chi connectivity index (χ3n) is 1.84. The average molecular weight is 235 g/mol. The van der Waals surface area contributed by atoms with E-state index in [1.165, 1.54) is 12.1 Å². The van der Waals surface area contributed by atoms with Gasteiger partial charge < -0.3 is 5.11 Å². The summed E-state index contributed by atoms with van der Waals surface area (Å²) >= 11 is 5.45. The zero-order valence-corrected chi connectivity index (χ0v) is 9.22. The van der Waals surface area contributed by atoms with Gasteiger partial charge in [-0.05, 0) is 17.7 Å². The molecule has 78 valence electrons. The smallest absolute Gasteiger partial charge is 0.175 e. The number of sulfone groups is 1. The summed E-state index contributed by atoms with van der Waals surface area (Å²) < 4.78 is 22.2. The maximum atomic E-state index is 11.1. The quantitative estimate of drug-likeness (QED) is 0.804. The highest BCUT2D eigenvalue weighted by Gasteiger charge is 2.09. The molecule has 0 aromatic heterocycles. The number of hydrogen-bond donors (Lipinski definition) is 1. The molecule has 0 fully saturated rings. The lowest BCUT2D eigenvalue weighted by atomic mass is 10.1. The third kappa shape index (κ3) is 2.70. The summed E-state index contributed by atoms with van der Waals surface area (Å²) in [6.07, 6.45) is 0.394. The van der Waals surface area contributed by atoms with E-state index in [1.54, 1.807) is 12.1 Å². The predicted molar refractivity (Wildman–Crippen MR) is 55.2 cm³/mol. The summed E-state index contributed by atoms with van der Waals surface area (Å²) in [7, 11) is -3.17. The van der Waals surface area contributed by atoms with E-state index >= 15 is 0 Å². The first-order valence-corrected chi connectivity index (χ1v) is 6.42. The van der Waals surface area contributed by atoms with Crippen LogP contribution in [0.25, 0.3) is 0 Å². The summed E-state index contributed by atoms with van der Waals surface area (Å²) in [5.41, 5.74) is 0.618. The predicted octanol–water partition coefficient (Wildman–Crippen LogP) is 1.36. The van der Waals surface area contributed by atoms with Crippen LogP contribution in [0.4, 0.5) is 0 Å². The second kappa shape index (κ2) is 4.29. The van der Waals surface area contributed by atoms with E-state index in [-0.39, 0.29) is 10.8 Å². The van der Waals surface area contributed by atoms with Gasteiger partial charge in [-0.3, -0.25) is 0 Å². The van der Waals surface area contributed by atoms with Crippen LogP contribution in [0.3, 0.4) is 0 Å². The van der Waals surface area contributed by atoms with Crippen LogP contribution in [0.15, 0.2) is 29.2 Å². The Hall–Kier alpha value is -0.580. The molecule has 3 nitrogen and oxygen atoms in total. The Balaban J connectivity index is 3.01. The van der Waals surface area contributed by atoms with Crippen LogP contribution >= 0.6 is 11.6 Å². The average Bonchev–Trinajstić information content (AvgIpc) is 2.15. The maximum absolute atomic E-state index is 11.1. The van der Waals surface area contributed by atoms with Crippen molar-refractivity contribution >= 4 is 21.4 Å².